The van der Waals surface area contributed by atoms with Crippen molar-refractivity contribution < 1.29 is 14.3 Å². The van der Waals surface area contributed by atoms with E-state index in [4.69, 9.17) is 4.74 Å². The van der Waals surface area contributed by atoms with Gasteiger partial charge in [0.1, 0.15) is 12.4 Å². The first-order valence-corrected chi connectivity index (χ1v) is 12.2. The second kappa shape index (κ2) is 9.93. The fourth-order valence-corrected chi connectivity index (χ4v) is 4.94. The summed E-state index contributed by atoms with van der Waals surface area (Å²) < 4.78 is 6.05. The number of rotatable bonds is 4. The summed E-state index contributed by atoms with van der Waals surface area (Å²) in [6.07, 6.45) is 1.25. The van der Waals surface area contributed by atoms with Crippen LogP contribution in [0.4, 0.5) is 11.4 Å². The lowest BCUT2D eigenvalue weighted by molar-refractivity contribution is -0.120. The Morgan fingerprint density at radius 1 is 1.00 bits per heavy atom. The van der Waals surface area contributed by atoms with E-state index in [1.165, 1.54) is 11.3 Å². The van der Waals surface area contributed by atoms with Gasteiger partial charge in [0.15, 0.2) is 0 Å². The standard InChI is InChI=1S/C26H33N5O3/c1-29-13-15-31(16-14-29)23-3-2-4-24-22(23)17-20(18-34-24)28-26(33)19-5-7-21(8-6-19)30-11-9-25(32)27-10-12-30/h2-8,20H,9-18H2,1H3,(H,27,32)(H,28,33). The molecule has 0 saturated carbocycles. The number of fused-ring (bicyclic) bond motifs is 1. The summed E-state index contributed by atoms with van der Waals surface area (Å²) in [7, 11) is 2.16. The zero-order valence-electron chi connectivity index (χ0n) is 19.8. The third-order valence-electron chi connectivity index (χ3n) is 6.99. The zero-order valence-corrected chi connectivity index (χ0v) is 19.8. The maximum Gasteiger partial charge on any atom is 0.251 e. The van der Waals surface area contributed by atoms with Gasteiger partial charge in [-0.1, -0.05) is 6.07 Å². The molecule has 2 saturated heterocycles. The van der Waals surface area contributed by atoms with Crippen molar-refractivity contribution in [2.75, 3.05) is 69.3 Å². The van der Waals surface area contributed by atoms with Crippen molar-refractivity contribution in [3.63, 3.8) is 0 Å². The Kier molecular flexibility index (Phi) is 6.58. The molecule has 180 valence electrons. The van der Waals surface area contributed by atoms with Crippen LogP contribution in [0.5, 0.6) is 5.75 Å². The van der Waals surface area contributed by atoms with Crippen LogP contribution in [0.1, 0.15) is 22.3 Å². The van der Waals surface area contributed by atoms with Gasteiger partial charge in [-0.25, -0.2) is 0 Å². The summed E-state index contributed by atoms with van der Waals surface area (Å²) in [6.45, 7) is 6.65. The Bertz CT molecular complexity index is 1030. The molecule has 8 nitrogen and oxygen atoms in total. The monoisotopic (exact) mass is 463 g/mol. The molecule has 1 atom stereocenters. The average molecular weight is 464 g/mol. The van der Waals surface area contributed by atoms with Gasteiger partial charge >= 0.3 is 0 Å². The molecule has 1 unspecified atom stereocenters. The number of benzene rings is 2. The first-order valence-electron chi connectivity index (χ1n) is 12.2. The summed E-state index contributed by atoms with van der Waals surface area (Å²) in [4.78, 5) is 31.5. The number of likely N-dealkylation sites (N-methyl/N-ethyl adjacent to an activating group) is 1. The summed E-state index contributed by atoms with van der Waals surface area (Å²) >= 11 is 0. The molecule has 0 aromatic heterocycles. The molecule has 34 heavy (non-hydrogen) atoms. The van der Waals surface area contributed by atoms with Crippen molar-refractivity contribution in [2.24, 2.45) is 0 Å². The van der Waals surface area contributed by atoms with Gasteiger partial charge < -0.3 is 30.1 Å². The van der Waals surface area contributed by atoms with Crippen LogP contribution in [-0.2, 0) is 11.2 Å². The lowest BCUT2D eigenvalue weighted by Crippen LogP contribution is -2.46. The molecule has 2 N–H and O–H groups in total. The number of hydrogen-bond donors (Lipinski definition) is 2. The molecule has 0 spiro atoms. The van der Waals surface area contributed by atoms with Crippen LogP contribution in [0.2, 0.25) is 0 Å². The quantitative estimate of drug-likeness (QED) is 0.716. The summed E-state index contributed by atoms with van der Waals surface area (Å²) in [5.74, 6) is 0.927. The van der Waals surface area contributed by atoms with Crippen molar-refractivity contribution in [3.8, 4) is 5.75 Å². The molecule has 3 heterocycles. The second-order valence-corrected chi connectivity index (χ2v) is 9.36. The molecule has 2 aromatic carbocycles. The van der Waals surface area contributed by atoms with E-state index < -0.39 is 0 Å². The zero-order chi connectivity index (χ0) is 23.5. The van der Waals surface area contributed by atoms with Crippen molar-refractivity contribution in [2.45, 2.75) is 18.9 Å². The maximum atomic E-state index is 13.0. The third-order valence-corrected chi connectivity index (χ3v) is 6.99. The number of ether oxygens (including phenoxy) is 1. The van der Waals surface area contributed by atoms with Crippen LogP contribution in [0.15, 0.2) is 42.5 Å². The fourth-order valence-electron chi connectivity index (χ4n) is 4.94. The van der Waals surface area contributed by atoms with Gasteiger partial charge in [-0.3, -0.25) is 9.59 Å². The lowest BCUT2D eigenvalue weighted by Gasteiger charge is -2.37. The normalized spacial score (nSPS) is 21.2. The van der Waals surface area contributed by atoms with Gasteiger partial charge in [-0.2, -0.15) is 0 Å². The number of amides is 2. The SMILES string of the molecule is CN1CCN(c2cccc3c2CC(NC(=O)c2ccc(N4CCNC(=O)CC4)cc2)CO3)CC1. The van der Waals surface area contributed by atoms with Gasteiger partial charge in [0.05, 0.1) is 6.04 Å². The molecule has 5 rings (SSSR count). The molecule has 2 amide bonds. The molecular weight excluding hydrogens is 430 g/mol. The topological polar surface area (TPSA) is 77.2 Å². The van der Waals surface area contributed by atoms with Gasteiger partial charge in [0.25, 0.3) is 5.91 Å². The molecule has 3 aliphatic rings. The maximum absolute atomic E-state index is 13.0. The summed E-state index contributed by atoms with van der Waals surface area (Å²) in [5.41, 5.74) is 4.06. The number of carbonyl (C=O) groups excluding carboxylic acids is 2. The highest BCUT2D eigenvalue weighted by molar-refractivity contribution is 5.94. The van der Waals surface area contributed by atoms with E-state index in [-0.39, 0.29) is 17.9 Å². The molecule has 2 fully saturated rings. The van der Waals surface area contributed by atoms with E-state index in [2.05, 4.69) is 44.5 Å². The smallest absolute Gasteiger partial charge is 0.251 e. The van der Waals surface area contributed by atoms with Crippen molar-refractivity contribution in [1.29, 1.82) is 0 Å². The first-order chi connectivity index (χ1) is 16.6. The molecule has 0 radical (unpaired) electrons. The van der Waals surface area contributed by atoms with Gasteiger partial charge in [0.2, 0.25) is 5.91 Å². The minimum atomic E-state index is -0.0895. The molecule has 3 aliphatic heterocycles. The molecule has 0 bridgehead atoms. The van der Waals surface area contributed by atoms with E-state index in [0.717, 1.165) is 50.6 Å². The predicted octanol–water partition coefficient (Wildman–Crippen LogP) is 1.50. The van der Waals surface area contributed by atoms with Crippen LogP contribution in [0.25, 0.3) is 0 Å². The second-order valence-electron chi connectivity index (χ2n) is 9.36. The Morgan fingerprint density at radius 2 is 1.79 bits per heavy atom. The lowest BCUT2D eigenvalue weighted by atomic mass is 9.99. The highest BCUT2D eigenvalue weighted by Crippen LogP contribution is 2.34. The van der Waals surface area contributed by atoms with Crippen molar-refractivity contribution in [1.82, 2.24) is 15.5 Å². The van der Waals surface area contributed by atoms with Crippen LogP contribution in [0.3, 0.4) is 0 Å². The number of anilines is 2. The molecule has 0 aliphatic carbocycles. The van der Waals surface area contributed by atoms with Crippen LogP contribution in [0, 0.1) is 0 Å². The number of piperazine rings is 1. The minimum Gasteiger partial charge on any atom is -0.491 e. The largest absolute Gasteiger partial charge is 0.491 e. The highest BCUT2D eigenvalue weighted by atomic mass is 16.5. The molecule has 8 heteroatoms. The number of nitrogens with zero attached hydrogens (tertiary/aromatic N) is 3. The van der Waals surface area contributed by atoms with Crippen molar-refractivity contribution >= 4 is 23.2 Å². The van der Waals surface area contributed by atoms with E-state index in [9.17, 15) is 9.59 Å². The van der Waals surface area contributed by atoms with Gasteiger partial charge in [-0.15, -0.1) is 0 Å². The van der Waals surface area contributed by atoms with Crippen molar-refractivity contribution in [3.05, 3.63) is 53.6 Å². The molecule has 2 aromatic rings. The minimum absolute atomic E-state index is 0.0732. The Hall–Kier alpha value is -3.26. The van der Waals surface area contributed by atoms with E-state index in [0.29, 0.717) is 31.7 Å². The van der Waals surface area contributed by atoms with Crippen LogP contribution < -0.4 is 25.2 Å². The number of carbonyl (C=O) groups is 2. The Balaban J connectivity index is 1.23. The highest BCUT2D eigenvalue weighted by Gasteiger charge is 2.27. The predicted molar refractivity (Wildman–Crippen MR) is 133 cm³/mol. The van der Waals surface area contributed by atoms with Gasteiger partial charge in [0, 0.05) is 81.2 Å². The fraction of sp³-hybridized carbons (Fsp3) is 0.462. The molecular formula is C26H33N5O3. The van der Waals surface area contributed by atoms with Crippen LogP contribution in [-0.4, -0.2) is 82.2 Å². The number of hydrogen-bond acceptors (Lipinski definition) is 6. The van der Waals surface area contributed by atoms with Crippen LogP contribution >= 0.6 is 0 Å². The summed E-state index contributed by atoms with van der Waals surface area (Å²) in [5, 5.41) is 6.06. The van der Waals surface area contributed by atoms with Gasteiger partial charge in [-0.05, 0) is 43.4 Å². The first kappa shape index (κ1) is 22.5. The Labute approximate surface area is 200 Å². The van der Waals surface area contributed by atoms with E-state index >= 15 is 0 Å². The number of nitrogens with one attached hydrogen (secondary N) is 2. The average Bonchev–Trinajstić information content (AvgIpc) is 3.08. The Morgan fingerprint density at radius 3 is 2.59 bits per heavy atom. The third kappa shape index (κ3) is 4.97. The van der Waals surface area contributed by atoms with E-state index in [1.807, 2.05) is 30.3 Å². The summed E-state index contributed by atoms with van der Waals surface area (Å²) in [6, 6.07) is 13.8. The van der Waals surface area contributed by atoms with E-state index in [1.54, 1.807) is 0 Å².